The van der Waals surface area contributed by atoms with Crippen LogP contribution in [0.3, 0.4) is 0 Å². The van der Waals surface area contributed by atoms with Crippen molar-refractivity contribution in [3.63, 3.8) is 0 Å². The summed E-state index contributed by atoms with van der Waals surface area (Å²) in [6.07, 6.45) is 10.9. The molecular weight excluding hydrogens is 220 g/mol. The number of quaternary nitrogens is 2. The molecular formula is C16H28N2+2. The normalized spacial score (nSPS) is 61.3. The lowest BCUT2D eigenvalue weighted by atomic mass is 9.65. The molecule has 0 aromatic rings. The van der Waals surface area contributed by atoms with E-state index in [9.17, 15) is 0 Å². The van der Waals surface area contributed by atoms with Crippen LogP contribution in [0, 0.1) is 11.8 Å². The molecule has 6 saturated heterocycles. The van der Waals surface area contributed by atoms with Gasteiger partial charge in [-0.3, -0.25) is 8.97 Å². The molecule has 6 aliphatic heterocycles. The van der Waals surface area contributed by atoms with Gasteiger partial charge in [-0.25, -0.2) is 0 Å². The summed E-state index contributed by atoms with van der Waals surface area (Å²) in [6, 6.07) is 2.20. The van der Waals surface area contributed by atoms with Crippen molar-refractivity contribution in [1.82, 2.24) is 0 Å². The molecule has 0 radical (unpaired) electrons. The van der Waals surface area contributed by atoms with Crippen LogP contribution in [0.4, 0.5) is 0 Å². The highest BCUT2D eigenvalue weighted by Crippen LogP contribution is 2.54. The summed E-state index contributed by atoms with van der Waals surface area (Å²) in [4.78, 5) is 0. The van der Waals surface area contributed by atoms with E-state index in [2.05, 4.69) is 0 Å². The molecule has 2 nitrogen and oxygen atoms in total. The Morgan fingerprint density at radius 3 is 1.78 bits per heavy atom. The molecule has 0 amide bonds. The van der Waals surface area contributed by atoms with E-state index in [4.69, 9.17) is 0 Å². The fraction of sp³-hybridized carbons (Fsp3) is 1.00. The SMILES string of the molecule is C1CC[N+]23C[C@@H]4C[C@@H](C[N+]5(CCCC[C@@H]45)C2)[C@H]3C1. The molecule has 6 aliphatic rings. The second kappa shape index (κ2) is 3.32. The van der Waals surface area contributed by atoms with Crippen molar-refractivity contribution in [2.45, 2.75) is 57.0 Å². The smallest absolute Gasteiger partial charge is 0.208 e. The minimum atomic E-state index is 1.10. The molecule has 2 spiro atoms. The van der Waals surface area contributed by atoms with E-state index < -0.39 is 0 Å². The minimum Gasteiger partial charge on any atom is -0.274 e. The topological polar surface area (TPSA) is 0 Å². The zero-order valence-corrected chi connectivity index (χ0v) is 11.7. The molecule has 0 aliphatic carbocycles. The van der Waals surface area contributed by atoms with E-state index in [0.29, 0.717) is 0 Å². The Labute approximate surface area is 111 Å². The third-order valence-corrected chi connectivity index (χ3v) is 7.57. The largest absolute Gasteiger partial charge is 0.274 e. The van der Waals surface area contributed by atoms with Crippen LogP contribution < -0.4 is 0 Å². The predicted molar refractivity (Wildman–Crippen MR) is 71.7 cm³/mol. The number of hydrogen-bond acceptors (Lipinski definition) is 0. The standard InChI is InChI=1S/C16H28N2/c1-3-7-17-11-14-9-13(15(17)5-1)10-18(12-17)8-4-2-6-16(14)18/h13-16H,1-12H2/q+2/t13-,14-,15-,16+,17?,18?/m0/s1. The third kappa shape index (κ3) is 1.13. The van der Waals surface area contributed by atoms with Crippen LogP contribution in [0.2, 0.25) is 0 Å². The second-order valence-corrected chi connectivity index (χ2v) is 8.27. The second-order valence-electron chi connectivity index (χ2n) is 8.27. The summed E-state index contributed by atoms with van der Waals surface area (Å²) < 4.78 is 3.18. The van der Waals surface area contributed by atoms with Gasteiger partial charge in [0.25, 0.3) is 0 Å². The highest BCUT2D eigenvalue weighted by Gasteiger charge is 2.68. The molecule has 4 bridgehead atoms. The highest BCUT2D eigenvalue weighted by molar-refractivity contribution is 4.94. The average Bonchev–Trinajstić information content (AvgIpc) is 2.37. The average molecular weight is 248 g/mol. The van der Waals surface area contributed by atoms with E-state index >= 15 is 0 Å². The molecule has 6 fully saturated rings. The molecule has 18 heavy (non-hydrogen) atoms. The van der Waals surface area contributed by atoms with Gasteiger partial charge < -0.3 is 0 Å². The lowest BCUT2D eigenvalue weighted by Gasteiger charge is -2.70. The number of nitrogens with zero attached hydrogens (tertiary/aromatic N) is 2. The number of hydrogen-bond donors (Lipinski definition) is 0. The first-order chi connectivity index (χ1) is 8.81. The molecule has 0 N–H and O–H groups in total. The van der Waals surface area contributed by atoms with Crippen LogP contribution in [0.5, 0.6) is 0 Å². The van der Waals surface area contributed by atoms with Crippen LogP contribution in [0.25, 0.3) is 0 Å². The maximum absolute atomic E-state index is 1.62. The zero-order chi connectivity index (χ0) is 11.8. The summed E-state index contributed by atoms with van der Waals surface area (Å²) in [5, 5.41) is 0. The first kappa shape index (κ1) is 10.7. The Morgan fingerprint density at radius 2 is 1.22 bits per heavy atom. The van der Waals surface area contributed by atoms with Crippen molar-refractivity contribution in [2.75, 3.05) is 32.8 Å². The molecule has 2 unspecified atom stereocenters. The lowest BCUT2D eigenvalue weighted by Crippen LogP contribution is -2.86. The van der Waals surface area contributed by atoms with E-state index in [1.807, 2.05) is 0 Å². The van der Waals surface area contributed by atoms with Gasteiger partial charge >= 0.3 is 0 Å². The maximum Gasteiger partial charge on any atom is 0.208 e. The Bertz CT molecular complexity index is 347. The van der Waals surface area contributed by atoms with Gasteiger partial charge in [0.1, 0.15) is 12.1 Å². The van der Waals surface area contributed by atoms with Gasteiger partial charge in [0.05, 0.1) is 38.0 Å². The lowest BCUT2D eigenvalue weighted by molar-refractivity contribution is -1.17. The predicted octanol–water partition coefficient (Wildman–Crippen LogP) is 2.35. The van der Waals surface area contributed by atoms with Crippen LogP contribution in [0.1, 0.15) is 44.9 Å². The molecule has 6 rings (SSSR count). The summed E-state index contributed by atoms with van der Waals surface area (Å²) in [6.45, 7) is 7.83. The van der Waals surface area contributed by atoms with Crippen molar-refractivity contribution in [3.8, 4) is 0 Å². The summed E-state index contributed by atoms with van der Waals surface area (Å²) in [5.41, 5.74) is 0. The first-order valence-electron chi connectivity index (χ1n) is 8.53. The van der Waals surface area contributed by atoms with Crippen LogP contribution in [0.15, 0.2) is 0 Å². The Balaban J connectivity index is 1.59. The van der Waals surface area contributed by atoms with Crippen molar-refractivity contribution in [3.05, 3.63) is 0 Å². The number of piperidine rings is 4. The molecule has 6 heterocycles. The van der Waals surface area contributed by atoms with Crippen molar-refractivity contribution < 1.29 is 8.97 Å². The molecule has 100 valence electrons. The van der Waals surface area contributed by atoms with Gasteiger partial charge in [0.15, 0.2) is 0 Å². The van der Waals surface area contributed by atoms with Crippen LogP contribution in [-0.4, -0.2) is 53.9 Å². The van der Waals surface area contributed by atoms with E-state index in [1.165, 1.54) is 25.7 Å². The van der Waals surface area contributed by atoms with Crippen LogP contribution in [-0.2, 0) is 0 Å². The zero-order valence-electron chi connectivity index (χ0n) is 11.7. The Hall–Kier alpha value is -0.0800. The van der Waals surface area contributed by atoms with Gasteiger partial charge in [-0.15, -0.1) is 0 Å². The van der Waals surface area contributed by atoms with Gasteiger partial charge in [-0.05, 0) is 32.1 Å². The van der Waals surface area contributed by atoms with Crippen molar-refractivity contribution in [2.24, 2.45) is 11.8 Å². The van der Waals surface area contributed by atoms with Gasteiger partial charge in [-0.2, -0.15) is 0 Å². The van der Waals surface area contributed by atoms with E-state index in [0.717, 1.165) is 23.9 Å². The van der Waals surface area contributed by atoms with Crippen LogP contribution >= 0.6 is 0 Å². The molecule has 2 heteroatoms. The molecule has 0 saturated carbocycles. The molecule has 0 aromatic carbocycles. The summed E-state index contributed by atoms with van der Waals surface area (Å²) >= 11 is 0. The van der Waals surface area contributed by atoms with Gasteiger partial charge in [0.2, 0.25) is 6.67 Å². The third-order valence-electron chi connectivity index (χ3n) is 7.57. The van der Waals surface area contributed by atoms with E-state index in [-0.39, 0.29) is 0 Å². The fourth-order valence-corrected chi connectivity index (χ4v) is 7.32. The Kier molecular flexibility index (Phi) is 1.97. The Morgan fingerprint density at radius 1 is 0.667 bits per heavy atom. The highest BCUT2D eigenvalue weighted by atomic mass is 15.6. The number of rotatable bonds is 0. The summed E-state index contributed by atoms with van der Waals surface area (Å²) in [5.74, 6) is 2.24. The minimum absolute atomic E-state index is 1.10. The quantitative estimate of drug-likeness (QED) is 0.577. The maximum atomic E-state index is 1.62. The molecule has 6 atom stereocenters. The summed E-state index contributed by atoms with van der Waals surface area (Å²) in [7, 11) is 0. The van der Waals surface area contributed by atoms with E-state index in [1.54, 1.807) is 61.1 Å². The first-order valence-corrected chi connectivity index (χ1v) is 8.53. The van der Waals surface area contributed by atoms with Crippen molar-refractivity contribution in [1.29, 1.82) is 0 Å². The fourth-order valence-electron chi connectivity index (χ4n) is 7.32. The van der Waals surface area contributed by atoms with Gasteiger partial charge in [-0.1, -0.05) is 0 Å². The van der Waals surface area contributed by atoms with Gasteiger partial charge in [0, 0.05) is 12.8 Å². The monoisotopic (exact) mass is 248 g/mol. The molecule has 0 aromatic heterocycles. The van der Waals surface area contributed by atoms with Crippen molar-refractivity contribution >= 4 is 0 Å².